The van der Waals surface area contributed by atoms with Gasteiger partial charge in [-0.2, -0.15) is 0 Å². The zero-order chi connectivity index (χ0) is 20.3. The molecule has 158 valence electrons. The van der Waals surface area contributed by atoms with Crippen LogP contribution in [0.1, 0.15) is 64.5 Å². The van der Waals surface area contributed by atoms with E-state index in [1.807, 2.05) is 26.8 Å². The Kier molecular flexibility index (Phi) is 7.10. The maximum absolute atomic E-state index is 14.3. The van der Waals surface area contributed by atoms with Crippen LogP contribution in [0.25, 0.3) is 0 Å². The van der Waals surface area contributed by atoms with Crippen LogP contribution in [0.15, 0.2) is 18.2 Å². The van der Waals surface area contributed by atoms with E-state index in [4.69, 9.17) is 18.9 Å². The van der Waals surface area contributed by atoms with E-state index < -0.39 is 36.5 Å². The minimum Gasteiger partial charge on any atom is -0.390 e. The summed E-state index contributed by atoms with van der Waals surface area (Å²) >= 11 is 0. The molecule has 2 fully saturated rings. The summed E-state index contributed by atoms with van der Waals surface area (Å²) in [5, 5.41) is 10.5. The third kappa shape index (κ3) is 4.74. The number of hydrogen-bond acceptors (Lipinski definition) is 5. The van der Waals surface area contributed by atoms with E-state index in [1.54, 1.807) is 6.07 Å². The number of rotatable bonds is 9. The van der Waals surface area contributed by atoms with Crippen molar-refractivity contribution in [2.75, 3.05) is 0 Å². The van der Waals surface area contributed by atoms with Gasteiger partial charge in [-0.3, -0.25) is 0 Å². The van der Waals surface area contributed by atoms with Crippen molar-refractivity contribution in [2.45, 2.75) is 103 Å². The first-order valence-corrected chi connectivity index (χ1v) is 10.4. The van der Waals surface area contributed by atoms with E-state index >= 15 is 0 Å². The highest BCUT2D eigenvalue weighted by molar-refractivity contribution is 5.28. The molecule has 0 spiro atoms. The lowest BCUT2D eigenvalue weighted by atomic mass is 10.0. The van der Waals surface area contributed by atoms with Gasteiger partial charge in [-0.25, -0.2) is 4.39 Å². The Labute approximate surface area is 167 Å². The Morgan fingerprint density at radius 3 is 2.71 bits per heavy atom. The van der Waals surface area contributed by atoms with E-state index in [0.717, 1.165) is 24.8 Å². The number of unbranched alkanes of at least 4 members (excludes halogenated alkanes) is 1. The Morgan fingerprint density at radius 1 is 1.21 bits per heavy atom. The first-order chi connectivity index (χ1) is 13.4. The molecule has 0 amide bonds. The second-order valence-electron chi connectivity index (χ2n) is 8.18. The van der Waals surface area contributed by atoms with Gasteiger partial charge in [-0.05, 0) is 50.3 Å². The van der Waals surface area contributed by atoms with E-state index in [0.29, 0.717) is 18.4 Å². The van der Waals surface area contributed by atoms with E-state index in [-0.39, 0.29) is 12.4 Å². The molecule has 3 rings (SSSR count). The van der Waals surface area contributed by atoms with Gasteiger partial charge in [0.25, 0.3) is 0 Å². The molecule has 0 aliphatic carbocycles. The average molecular weight is 396 g/mol. The Morgan fingerprint density at radius 2 is 2.00 bits per heavy atom. The highest BCUT2D eigenvalue weighted by Crippen LogP contribution is 2.40. The molecule has 2 aliphatic heterocycles. The first-order valence-electron chi connectivity index (χ1n) is 10.4. The summed E-state index contributed by atoms with van der Waals surface area (Å²) in [4.78, 5) is 0. The van der Waals surface area contributed by atoms with Crippen LogP contribution in [0.3, 0.4) is 0 Å². The molecule has 1 aromatic carbocycles. The third-order valence-electron chi connectivity index (χ3n) is 5.42. The number of aliphatic hydroxyl groups excluding tert-OH is 1. The average Bonchev–Trinajstić information content (AvgIpc) is 3.11. The zero-order valence-corrected chi connectivity index (χ0v) is 17.3. The standard InChI is InChI=1S/C22H33FO5/c1-5-7-11-15-14(10-8-12-16(15)23)13-25-19-18(17(24)9-6-2)26-21-20(19)27-22(3,4)28-21/h8,10,12,17-21,24H,5-7,9,11,13H2,1-4H3/t17-,18-,19+,20-,21-/m1/s1. The predicted octanol–water partition coefficient (Wildman–Crippen LogP) is 4.09. The summed E-state index contributed by atoms with van der Waals surface area (Å²) in [5.74, 6) is -0.956. The molecule has 0 unspecified atom stereocenters. The number of hydrogen-bond donors (Lipinski definition) is 1. The summed E-state index contributed by atoms with van der Waals surface area (Å²) in [6, 6.07) is 5.10. The molecular weight excluding hydrogens is 363 g/mol. The van der Waals surface area contributed by atoms with E-state index in [1.165, 1.54) is 6.07 Å². The zero-order valence-electron chi connectivity index (χ0n) is 17.3. The van der Waals surface area contributed by atoms with Crippen molar-refractivity contribution >= 4 is 0 Å². The number of aliphatic hydroxyl groups is 1. The summed E-state index contributed by atoms with van der Waals surface area (Å²) in [7, 11) is 0. The second kappa shape index (κ2) is 9.18. The molecule has 1 aromatic rings. The van der Waals surface area contributed by atoms with Crippen molar-refractivity contribution in [1.82, 2.24) is 0 Å². The van der Waals surface area contributed by atoms with Crippen LogP contribution in [0.4, 0.5) is 4.39 Å². The maximum Gasteiger partial charge on any atom is 0.190 e. The van der Waals surface area contributed by atoms with Crippen LogP contribution in [0, 0.1) is 5.82 Å². The van der Waals surface area contributed by atoms with Crippen LogP contribution in [0.5, 0.6) is 0 Å². The minimum absolute atomic E-state index is 0.195. The Bertz CT molecular complexity index is 650. The van der Waals surface area contributed by atoms with Gasteiger partial charge in [0.1, 0.15) is 24.1 Å². The van der Waals surface area contributed by atoms with Crippen molar-refractivity contribution in [3.63, 3.8) is 0 Å². The third-order valence-corrected chi connectivity index (χ3v) is 5.42. The van der Waals surface area contributed by atoms with Crippen LogP contribution >= 0.6 is 0 Å². The monoisotopic (exact) mass is 396 g/mol. The van der Waals surface area contributed by atoms with Gasteiger partial charge in [0.05, 0.1) is 12.7 Å². The molecular formula is C22H33FO5. The smallest absolute Gasteiger partial charge is 0.190 e. The fraction of sp³-hybridized carbons (Fsp3) is 0.727. The van der Waals surface area contributed by atoms with Crippen LogP contribution in [-0.2, 0) is 32.0 Å². The van der Waals surface area contributed by atoms with Crippen LogP contribution in [0.2, 0.25) is 0 Å². The first kappa shape index (κ1) is 21.7. The normalized spacial score (nSPS) is 29.8. The summed E-state index contributed by atoms with van der Waals surface area (Å²) in [6.07, 6.45) is 1.40. The Balaban J connectivity index is 1.75. The highest BCUT2D eigenvalue weighted by atomic mass is 19.1. The highest BCUT2D eigenvalue weighted by Gasteiger charge is 2.56. The van der Waals surface area contributed by atoms with Crippen molar-refractivity contribution in [3.8, 4) is 0 Å². The molecule has 0 saturated carbocycles. The predicted molar refractivity (Wildman–Crippen MR) is 103 cm³/mol. The number of halogens is 1. The number of fused-ring (bicyclic) bond motifs is 1. The quantitative estimate of drug-likeness (QED) is 0.681. The Hall–Kier alpha value is -1.05. The molecule has 2 aliphatic rings. The van der Waals surface area contributed by atoms with Crippen molar-refractivity contribution in [2.24, 2.45) is 0 Å². The van der Waals surface area contributed by atoms with Gasteiger partial charge in [0, 0.05) is 0 Å². The number of benzene rings is 1. The SMILES string of the molecule is CCCCc1c(F)cccc1CO[C@@H]1[C@H]2OC(C)(C)O[C@H]2O[C@@H]1[C@H](O)CCC. The van der Waals surface area contributed by atoms with Crippen molar-refractivity contribution in [3.05, 3.63) is 35.1 Å². The molecule has 0 bridgehead atoms. The molecule has 0 radical (unpaired) electrons. The molecule has 0 aromatic heterocycles. The largest absolute Gasteiger partial charge is 0.390 e. The maximum atomic E-state index is 14.3. The summed E-state index contributed by atoms with van der Waals surface area (Å²) < 4.78 is 38.3. The lowest BCUT2D eigenvalue weighted by Gasteiger charge is -2.28. The minimum atomic E-state index is -0.761. The van der Waals surface area contributed by atoms with Gasteiger partial charge in [-0.1, -0.05) is 38.8 Å². The molecule has 28 heavy (non-hydrogen) atoms. The molecule has 5 nitrogen and oxygen atoms in total. The second-order valence-corrected chi connectivity index (χ2v) is 8.18. The van der Waals surface area contributed by atoms with E-state index in [2.05, 4.69) is 6.92 Å². The number of ether oxygens (including phenoxy) is 4. The molecule has 1 N–H and O–H groups in total. The molecule has 2 saturated heterocycles. The van der Waals surface area contributed by atoms with Gasteiger partial charge in [-0.15, -0.1) is 0 Å². The fourth-order valence-electron chi connectivity index (χ4n) is 4.02. The molecule has 5 atom stereocenters. The fourth-order valence-corrected chi connectivity index (χ4v) is 4.02. The van der Waals surface area contributed by atoms with Gasteiger partial charge < -0.3 is 24.1 Å². The molecule has 2 heterocycles. The van der Waals surface area contributed by atoms with Crippen molar-refractivity contribution in [1.29, 1.82) is 0 Å². The van der Waals surface area contributed by atoms with Gasteiger partial charge in [0.2, 0.25) is 0 Å². The van der Waals surface area contributed by atoms with Crippen LogP contribution in [-0.4, -0.2) is 41.6 Å². The van der Waals surface area contributed by atoms with Crippen LogP contribution < -0.4 is 0 Å². The summed E-state index contributed by atoms with van der Waals surface area (Å²) in [5.41, 5.74) is 1.54. The van der Waals surface area contributed by atoms with Gasteiger partial charge >= 0.3 is 0 Å². The van der Waals surface area contributed by atoms with Crippen molar-refractivity contribution < 1.29 is 28.4 Å². The lowest BCUT2D eigenvalue weighted by molar-refractivity contribution is -0.230. The summed E-state index contributed by atoms with van der Waals surface area (Å²) in [6.45, 7) is 8.01. The van der Waals surface area contributed by atoms with Gasteiger partial charge in [0.15, 0.2) is 12.1 Å². The lowest BCUT2D eigenvalue weighted by Crippen LogP contribution is -2.42. The topological polar surface area (TPSA) is 57.2 Å². The van der Waals surface area contributed by atoms with E-state index in [9.17, 15) is 9.50 Å². The molecule has 6 heteroatoms.